The molecule has 0 aliphatic heterocycles. The van der Waals surface area contributed by atoms with Gasteiger partial charge in [0.25, 0.3) is 5.91 Å². The first-order valence-electron chi connectivity index (χ1n) is 8.43. The lowest BCUT2D eigenvalue weighted by molar-refractivity contribution is -0.138. The van der Waals surface area contributed by atoms with Crippen molar-refractivity contribution >= 4 is 23.4 Å². The second kappa shape index (κ2) is 8.06. The minimum absolute atomic E-state index is 0.169. The van der Waals surface area contributed by atoms with E-state index in [0.29, 0.717) is 5.69 Å². The molecule has 0 spiro atoms. The van der Waals surface area contributed by atoms with Gasteiger partial charge in [-0.1, -0.05) is 48.2 Å². The molecular weight excluding hydrogens is 385 g/mol. The molecule has 1 amide bonds. The summed E-state index contributed by atoms with van der Waals surface area (Å²) in [6.07, 6.45) is -3.70. The van der Waals surface area contributed by atoms with E-state index in [2.05, 4.69) is 10.3 Å². The normalized spacial score (nSPS) is 11.3. The number of anilines is 1. The predicted molar refractivity (Wildman–Crippen MR) is 104 cm³/mol. The molecule has 144 valence electrons. The monoisotopic (exact) mass is 402 g/mol. The number of aryl methyl sites for hydroxylation is 2. The van der Waals surface area contributed by atoms with Crippen LogP contribution >= 0.6 is 11.8 Å². The largest absolute Gasteiger partial charge is 0.417 e. The summed E-state index contributed by atoms with van der Waals surface area (Å²) in [4.78, 5) is 17.4. The quantitative estimate of drug-likeness (QED) is 0.572. The van der Waals surface area contributed by atoms with Crippen LogP contribution in [0.5, 0.6) is 0 Å². The van der Waals surface area contributed by atoms with Crippen molar-refractivity contribution in [2.75, 3.05) is 5.32 Å². The number of carbonyl (C=O) groups excluding carboxylic acids is 1. The Balaban J connectivity index is 1.95. The highest BCUT2D eigenvalue weighted by molar-refractivity contribution is 7.99. The number of para-hydroxylation sites is 1. The maximum atomic E-state index is 13.6. The Kier molecular flexibility index (Phi) is 5.74. The van der Waals surface area contributed by atoms with Crippen LogP contribution in [0.2, 0.25) is 0 Å². The minimum atomic E-state index is -4.68. The van der Waals surface area contributed by atoms with Crippen LogP contribution < -0.4 is 5.32 Å². The van der Waals surface area contributed by atoms with Gasteiger partial charge >= 0.3 is 6.18 Å². The first-order valence-corrected chi connectivity index (χ1v) is 9.25. The van der Waals surface area contributed by atoms with Gasteiger partial charge in [0.15, 0.2) is 0 Å². The second-order valence-electron chi connectivity index (χ2n) is 6.20. The zero-order valence-electron chi connectivity index (χ0n) is 15.2. The number of rotatable bonds is 4. The Labute approximate surface area is 165 Å². The van der Waals surface area contributed by atoms with Gasteiger partial charge < -0.3 is 5.32 Å². The molecule has 0 saturated carbocycles. The lowest BCUT2D eigenvalue weighted by atomic mass is 10.1. The number of hydrogen-bond donors (Lipinski definition) is 1. The average molecular weight is 402 g/mol. The number of aromatic nitrogens is 1. The van der Waals surface area contributed by atoms with Gasteiger partial charge in [-0.25, -0.2) is 4.98 Å². The third-order valence-corrected chi connectivity index (χ3v) is 5.05. The van der Waals surface area contributed by atoms with Gasteiger partial charge in [-0.2, -0.15) is 13.2 Å². The number of nitrogens with one attached hydrogen (secondary N) is 1. The molecule has 7 heteroatoms. The lowest BCUT2D eigenvalue weighted by Crippen LogP contribution is -2.20. The molecule has 3 aromatic rings. The fourth-order valence-corrected chi connectivity index (χ4v) is 3.53. The highest BCUT2D eigenvalue weighted by atomic mass is 32.2. The van der Waals surface area contributed by atoms with Gasteiger partial charge in [0.05, 0.1) is 11.1 Å². The van der Waals surface area contributed by atoms with Crippen LogP contribution in [0.1, 0.15) is 27.0 Å². The number of benzene rings is 2. The summed E-state index contributed by atoms with van der Waals surface area (Å²) < 4.78 is 40.8. The summed E-state index contributed by atoms with van der Waals surface area (Å²) in [7, 11) is 0. The number of halogens is 3. The molecule has 1 heterocycles. The van der Waals surface area contributed by atoms with E-state index in [1.807, 2.05) is 12.1 Å². The van der Waals surface area contributed by atoms with E-state index in [9.17, 15) is 18.0 Å². The number of alkyl halides is 3. The van der Waals surface area contributed by atoms with Crippen LogP contribution in [-0.2, 0) is 6.18 Å². The van der Waals surface area contributed by atoms with Crippen LogP contribution in [0.4, 0.5) is 18.9 Å². The smallest absolute Gasteiger partial charge is 0.321 e. The Morgan fingerprint density at radius 1 is 1.00 bits per heavy atom. The maximum Gasteiger partial charge on any atom is 0.417 e. The van der Waals surface area contributed by atoms with Crippen molar-refractivity contribution in [3.8, 4) is 0 Å². The first-order chi connectivity index (χ1) is 13.3. The highest BCUT2D eigenvalue weighted by Crippen LogP contribution is 2.36. The zero-order valence-corrected chi connectivity index (χ0v) is 16.0. The van der Waals surface area contributed by atoms with Gasteiger partial charge in [0.2, 0.25) is 0 Å². The van der Waals surface area contributed by atoms with E-state index in [1.165, 1.54) is 0 Å². The molecule has 0 atom stereocenters. The molecule has 3 rings (SSSR count). The van der Waals surface area contributed by atoms with Crippen molar-refractivity contribution in [2.45, 2.75) is 29.9 Å². The van der Waals surface area contributed by atoms with Gasteiger partial charge in [-0.05, 0) is 43.2 Å². The maximum absolute atomic E-state index is 13.6. The summed E-state index contributed by atoms with van der Waals surface area (Å²) >= 11 is 1.10. The van der Waals surface area contributed by atoms with Gasteiger partial charge in [0, 0.05) is 16.8 Å². The van der Waals surface area contributed by atoms with Crippen LogP contribution in [0.3, 0.4) is 0 Å². The van der Waals surface area contributed by atoms with Crippen molar-refractivity contribution in [3.63, 3.8) is 0 Å². The third kappa shape index (κ3) is 4.54. The Bertz CT molecular complexity index is 984. The molecule has 0 aliphatic rings. The van der Waals surface area contributed by atoms with Crippen LogP contribution in [0.15, 0.2) is 70.7 Å². The van der Waals surface area contributed by atoms with Crippen LogP contribution in [0, 0.1) is 13.8 Å². The van der Waals surface area contributed by atoms with Crippen molar-refractivity contribution in [2.24, 2.45) is 0 Å². The summed E-state index contributed by atoms with van der Waals surface area (Å²) in [5.74, 6) is -0.839. The molecular formula is C21H17F3N2OS. The van der Waals surface area contributed by atoms with Gasteiger partial charge in [-0.15, -0.1) is 0 Å². The summed E-state index contributed by atoms with van der Waals surface area (Å²) in [6.45, 7) is 3.57. The second-order valence-corrected chi connectivity index (χ2v) is 7.30. The van der Waals surface area contributed by atoms with Crippen molar-refractivity contribution < 1.29 is 18.0 Å². The van der Waals surface area contributed by atoms with Crippen molar-refractivity contribution in [1.29, 1.82) is 0 Å². The molecule has 0 unspecified atom stereocenters. The number of nitrogens with zero attached hydrogens (tertiary/aromatic N) is 1. The molecule has 1 aromatic heterocycles. The van der Waals surface area contributed by atoms with Crippen molar-refractivity contribution in [3.05, 3.63) is 83.0 Å². The SMILES string of the molecule is Cc1cccc(C)c1NC(=O)c1cnc(Sc2ccccc2)cc1C(F)(F)F. The van der Waals surface area contributed by atoms with E-state index in [4.69, 9.17) is 0 Å². The molecule has 0 aliphatic carbocycles. The van der Waals surface area contributed by atoms with Gasteiger partial charge in [-0.3, -0.25) is 4.79 Å². The first kappa shape index (κ1) is 19.9. The number of hydrogen-bond acceptors (Lipinski definition) is 3. The molecule has 28 heavy (non-hydrogen) atoms. The summed E-state index contributed by atoms with van der Waals surface area (Å²) in [5.41, 5.74) is 0.526. The third-order valence-electron chi connectivity index (χ3n) is 4.11. The standard InChI is InChI=1S/C21H17F3N2OS/c1-13-7-6-8-14(2)19(13)26-20(27)16-12-25-18(11-17(16)21(22,23)24)28-15-9-4-3-5-10-15/h3-12H,1-2H3,(H,26,27). The van der Waals surface area contributed by atoms with Crippen LogP contribution in [-0.4, -0.2) is 10.9 Å². The average Bonchev–Trinajstić information content (AvgIpc) is 2.65. The van der Waals surface area contributed by atoms with E-state index < -0.39 is 23.2 Å². The van der Waals surface area contributed by atoms with E-state index >= 15 is 0 Å². The van der Waals surface area contributed by atoms with Crippen molar-refractivity contribution in [1.82, 2.24) is 4.98 Å². The fourth-order valence-electron chi connectivity index (χ4n) is 2.71. The van der Waals surface area contributed by atoms with E-state index in [1.54, 1.807) is 50.2 Å². The topological polar surface area (TPSA) is 42.0 Å². The number of pyridine rings is 1. The zero-order chi connectivity index (χ0) is 20.3. The van der Waals surface area contributed by atoms with E-state index in [-0.39, 0.29) is 5.03 Å². The summed E-state index contributed by atoms with van der Waals surface area (Å²) in [5, 5.41) is 2.76. The summed E-state index contributed by atoms with van der Waals surface area (Å²) in [6, 6.07) is 15.3. The van der Waals surface area contributed by atoms with Crippen LogP contribution in [0.25, 0.3) is 0 Å². The van der Waals surface area contributed by atoms with Gasteiger partial charge in [0.1, 0.15) is 5.03 Å². The predicted octanol–water partition coefficient (Wildman–Crippen LogP) is 6.12. The molecule has 0 saturated heterocycles. The molecule has 1 N–H and O–H groups in total. The Morgan fingerprint density at radius 2 is 1.64 bits per heavy atom. The molecule has 3 nitrogen and oxygen atoms in total. The lowest BCUT2D eigenvalue weighted by Gasteiger charge is -2.16. The number of carbonyl (C=O) groups is 1. The number of amides is 1. The Hall–Kier alpha value is -2.80. The Morgan fingerprint density at radius 3 is 2.25 bits per heavy atom. The highest BCUT2D eigenvalue weighted by Gasteiger charge is 2.36. The molecule has 0 fully saturated rings. The minimum Gasteiger partial charge on any atom is -0.321 e. The molecule has 0 radical (unpaired) electrons. The molecule has 2 aromatic carbocycles. The van der Waals surface area contributed by atoms with E-state index in [0.717, 1.165) is 40.0 Å². The molecule has 0 bridgehead atoms. The fraction of sp³-hybridized carbons (Fsp3) is 0.143.